The van der Waals surface area contributed by atoms with E-state index >= 15 is 0 Å². The number of halogens is 1. The average Bonchev–Trinajstić information content (AvgIpc) is 3.60. The fourth-order valence-electron chi connectivity index (χ4n) is 4.38. The second-order valence-corrected chi connectivity index (χ2v) is 11.3. The molecule has 0 amide bonds. The Balaban J connectivity index is 1.74. The maximum atomic E-state index is 14.0. The molecular formula is C30H23BrN2O5S2. The summed E-state index contributed by atoms with van der Waals surface area (Å²) in [7, 11) is 1.53. The van der Waals surface area contributed by atoms with Gasteiger partial charge in [-0.3, -0.25) is 9.36 Å². The molecule has 3 heterocycles. The zero-order valence-electron chi connectivity index (χ0n) is 21.5. The minimum absolute atomic E-state index is 0.0855. The molecule has 0 saturated carbocycles. The maximum Gasteiger partial charge on any atom is 0.338 e. The fraction of sp³-hybridized carbons (Fsp3) is 0.167. The molecule has 0 fully saturated rings. The Kier molecular flexibility index (Phi) is 8.35. The van der Waals surface area contributed by atoms with E-state index in [0.29, 0.717) is 42.1 Å². The van der Waals surface area contributed by atoms with Crippen LogP contribution >= 0.6 is 38.6 Å². The third-order valence-corrected chi connectivity index (χ3v) is 8.53. The van der Waals surface area contributed by atoms with Crippen LogP contribution in [0.1, 0.15) is 29.0 Å². The van der Waals surface area contributed by atoms with Crippen molar-refractivity contribution in [3.8, 4) is 23.8 Å². The number of thiophene rings is 1. The van der Waals surface area contributed by atoms with Crippen molar-refractivity contribution in [2.75, 3.05) is 20.3 Å². The van der Waals surface area contributed by atoms with Gasteiger partial charge in [-0.1, -0.05) is 53.7 Å². The standard InChI is InChI=1S/C30H23BrN2O5S2/c1-4-13-38-27-20(31)15-18(16-21(27)36-3)17-23-28(34)33-26(22-12-9-14-39-22)24(29(35)37-5-2)25(32-30(33)40-23)19-10-7-6-8-11-19/h1,6-12,14-17,26H,5,13H2,2-3H3/b23-17-/t26-/m0/s1. The molecule has 40 heavy (non-hydrogen) atoms. The molecule has 2 aromatic carbocycles. The number of hydrogen-bond donors (Lipinski definition) is 0. The topological polar surface area (TPSA) is 79.1 Å². The molecule has 0 spiro atoms. The molecular weight excluding hydrogens is 612 g/mol. The molecule has 0 aliphatic carbocycles. The SMILES string of the molecule is C#CCOc1c(Br)cc(/C=c2\sc3n(c2=O)[C@@H](c2cccs2)C(C(=O)OCC)=C(c2ccccc2)N=3)cc1OC. The van der Waals surface area contributed by atoms with Gasteiger partial charge in [0.15, 0.2) is 16.3 Å². The van der Waals surface area contributed by atoms with Crippen molar-refractivity contribution in [1.29, 1.82) is 0 Å². The molecule has 202 valence electrons. The van der Waals surface area contributed by atoms with Gasteiger partial charge in [-0.15, -0.1) is 17.8 Å². The minimum atomic E-state index is -0.687. The Labute approximate surface area is 246 Å². The third-order valence-electron chi connectivity index (χ3n) is 6.04. The highest BCUT2D eigenvalue weighted by Gasteiger charge is 2.35. The van der Waals surface area contributed by atoms with E-state index in [4.69, 9.17) is 25.6 Å². The van der Waals surface area contributed by atoms with Crippen molar-refractivity contribution in [3.63, 3.8) is 0 Å². The Bertz CT molecular complexity index is 1820. The van der Waals surface area contributed by atoms with Crippen molar-refractivity contribution in [1.82, 2.24) is 4.57 Å². The first kappa shape index (κ1) is 27.6. The zero-order valence-corrected chi connectivity index (χ0v) is 24.8. The van der Waals surface area contributed by atoms with E-state index in [1.54, 1.807) is 23.6 Å². The van der Waals surface area contributed by atoms with E-state index in [2.05, 4.69) is 21.9 Å². The summed E-state index contributed by atoms with van der Waals surface area (Å²) in [5, 5.41) is 1.92. The number of carbonyl (C=O) groups excluding carboxylic acids is 1. The van der Waals surface area contributed by atoms with Crippen LogP contribution in [0.25, 0.3) is 11.8 Å². The quantitative estimate of drug-likeness (QED) is 0.206. The summed E-state index contributed by atoms with van der Waals surface area (Å²) in [6, 6.07) is 16.2. The number of benzene rings is 2. The van der Waals surface area contributed by atoms with Crippen LogP contribution in [0.15, 0.2) is 79.8 Å². The summed E-state index contributed by atoms with van der Waals surface area (Å²) in [5.74, 6) is 2.88. The highest BCUT2D eigenvalue weighted by atomic mass is 79.9. The summed E-state index contributed by atoms with van der Waals surface area (Å²) < 4.78 is 19.3. The molecule has 0 saturated heterocycles. The number of esters is 1. The van der Waals surface area contributed by atoms with Gasteiger partial charge in [0.2, 0.25) is 0 Å². The van der Waals surface area contributed by atoms with E-state index in [-0.39, 0.29) is 18.8 Å². The van der Waals surface area contributed by atoms with Gasteiger partial charge in [0, 0.05) is 10.4 Å². The van der Waals surface area contributed by atoms with Gasteiger partial charge in [-0.05, 0) is 58.1 Å². The number of terminal acetylenes is 1. The van der Waals surface area contributed by atoms with Crippen molar-refractivity contribution < 1.29 is 19.0 Å². The molecule has 7 nitrogen and oxygen atoms in total. The molecule has 0 radical (unpaired) electrons. The lowest BCUT2D eigenvalue weighted by atomic mass is 9.97. The number of aromatic nitrogens is 1. The van der Waals surface area contributed by atoms with E-state index in [9.17, 15) is 9.59 Å². The maximum absolute atomic E-state index is 14.0. The average molecular weight is 636 g/mol. The van der Waals surface area contributed by atoms with Gasteiger partial charge >= 0.3 is 5.97 Å². The van der Waals surface area contributed by atoms with Gasteiger partial charge in [0.05, 0.1) is 34.0 Å². The van der Waals surface area contributed by atoms with Crippen LogP contribution in [0, 0.1) is 12.3 Å². The molecule has 0 unspecified atom stereocenters. The van der Waals surface area contributed by atoms with Gasteiger partial charge in [0.25, 0.3) is 5.56 Å². The normalized spacial score (nSPS) is 14.8. The Hall–Kier alpha value is -3.91. The summed E-state index contributed by atoms with van der Waals surface area (Å²) in [6.45, 7) is 2.04. The van der Waals surface area contributed by atoms with Crippen molar-refractivity contribution >= 4 is 56.3 Å². The lowest BCUT2D eigenvalue weighted by Gasteiger charge is -2.24. The summed E-state index contributed by atoms with van der Waals surface area (Å²) in [5.41, 5.74) is 2.03. The van der Waals surface area contributed by atoms with E-state index < -0.39 is 12.0 Å². The molecule has 0 N–H and O–H groups in total. The van der Waals surface area contributed by atoms with Crippen LogP contribution in [0.3, 0.4) is 0 Å². The monoisotopic (exact) mass is 634 g/mol. The Morgan fingerprint density at radius 3 is 2.70 bits per heavy atom. The molecule has 2 aromatic heterocycles. The van der Waals surface area contributed by atoms with Crippen LogP contribution in [0.2, 0.25) is 0 Å². The molecule has 1 atom stereocenters. The van der Waals surface area contributed by atoms with E-state index in [1.807, 2.05) is 53.9 Å². The first-order valence-electron chi connectivity index (χ1n) is 12.2. The number of methoxy groups -OCH3 is 1. The third kappa shape index (κ3) is 5.28. The number of carbonyl (C=O) groups is 1. The van der Waals surface area contributed by atoms with Crippen LogP contribution in [-0.2, 0) is 9.53 Å². The molecule has 0 bridgehead atoms. The summed E-state index contributed by atoms with van der Waals surface area (Å²) >= 11 is 6.24. The number of nitrogens with zero attached hydrogens (tertiary/aromatic N) is 2. The molecule has 1 aliphatic rings. The number of fused-ring (bicyclic) bond motifs is 1. The van der Waals surface area contributed by atoms with Crippen LogP contribution in [0.4, 0.5) is 0 Å². The second-order valence-electron chi connectivity index (χ2n) is 8.47. The highest BCUT2D eigenvalue weighted by Crippen LogP contribution is 2.38. The first-order valence-corrected chi connectivity index (χ1v) is 14.7. The number of thiazole rings is 1. The van der Waals surface area contributed by atoms with Gasteiger partial charge in [-0.25, -0.2) is 9.79 Å². The largest absolute Gasteiger partial charge is 0.493 e. The van der Waals surface area contributed by atoms with Crippen LogP contribution in [-0.4, -0.2) is 30.9 Å². The van der Waals surface area contributed by atoms with Crippen molar-refractivity contribution in [3.05, 3.63) is 106 Å². The minimum Gasteiger partial charge on any atom is -0.493 e. The Morgan fingerprint density at radius 2 is 2.02 bits per heavy atom. The van der Waals surface area contributed by atoms with E-state index in [0.717, 1.165) is 10.4 Å². The first-order chi connectivity index (χ1) is 19.5. The van der Waals surface area contributed by atoms with Crippen LogP contribution in [0.5, 0.6) is 11.5 Å². The lowest BCUT2D eigenvalue weighted by molar-refractivity contribution is -0.138. The van der Waals surface area contributed by atoms with Crippen LogP contribution < -0.4 is 24.4 Å². The fourth-order valence-corrected chi connectivity index (χ4v) is 6.78. The van der Waals surface area contributed by atoms with Gasteiger partial charge in [-0.2, -0.15) is 0 Å². The molecule has 1 aliphatic heterocycles. The molecule has 5 rings (SSSR count). The van der Waals surface area contributed by atoms with E-state index in [1.165, 1.54) is 29.8 Å². The highest BCUT2D eigenvalue weighted by molar-refractivity contribution is 9.10. The number of hydrogen-bond acceptors (Lipinski definition) is 8. The molecule has 4 aromatic rings. The van der Waals surface area contributed by atoms with Crippen molar-refractivity contribution in [2.45, 2.75) is 13.0 Å². The summed E-state index contributed by atoms with van der Waals surface area (Å²) in [4.78, 5) is 33.6. The van der Waals surface area contributed by atoms with Crippen molar-refractivity contribution in [2.24, 2.45) is 4.99 Å². The zero-order chi connectivity index (χ0) is 28.2. The number of ether oxygens (including phenoxy) is 3. The van der Waals surface area contributed by atoms with Gasteiger partial charge < -0.3 is 14.2 Å². The number of rotatable bonds is 8. The smallest absolute Gasteiger partial charge is 0.338 e. The summed E-state index contributed by atoms with van der Waals surface area (Å²) in [6.07, 6.45) is 7.11. The predicted octanol–water partition coefficient (Wildman–Crippen LogP) is 4.78. The lowest BCUT2D eigenvalue weighted by Crippen LogP contribution is -2.39. The Morgan fingerprint density at radius 1 is 1.23 bits per heavy atom. The molecule has 10 heteroatoms. The second kappa shape index (κ2) is 12.1. The predicted molar refractivity (Wildman–Crippen MR) is 160 cm³/mol. The van der Waals surface area contributed by atoms with Gasteiger partial charge in [0.1, 0.15) is 12.6 Å².